The molecule has 8 nitrogen and oxygen atoms in total. The highest BCUT2D eigenvalue weighted by atomic mass is 19.1. The van der Waals surface area contributed by atoms with Crippen molar-refractivity contribution in [2.24, 2.45) is 0 Å². The molecular weight excluding hydrogens is 463 g/mol. The number of anilines is 2. The van der Waals surface area contributed by atoms with E-state index in [0.29, 0.717) is 16.9 Å². The van der Waals surface area contributed by atoms with Gasteiger partial charge < -0.3 is 15.3 Å². The topological polar surface area (TPSA) is 96.6 Å². The normalized spacial score (nSPS) is 14.3. The van der Waals surface area contributed by atoms with Crippen molar-refractivity contribution in [3.63, 3.8) is 0 Å². The first-order valence-electron chi connectivity index (χ1n) is 12.5. The summed E-state index contributed by atoms with van der Waals surface area (Å²) in [5.41, 5.74) is 0.278. The Morgan fingerprint density at radius 1 is 1.14 bits per heavy atom. The zero-order valence-corrected chi connectivity index (χ0v) is 20.7. The predicted molar refractivity (Wildman–Crippen MR) is 140 cm³/mol. The minimum Gasteiger partial charge on any atom is -0.480 e. The van der Waals surface area contributed by atoms with Crippen LogP contribution in [0.1, 0.15) is 52.0 Å². The molecule has 0 spiro atoms. The molecule has 192 valence electrons. The lowest BCUT2D eigenvalue weighted by Gasteiger charge is -2.25. The van der Waals surface area contributed by atoms with Crippen molar-refractivity contribution in [3.8, 4) is 0 Å². The molecule has 0 atom stereocenters. The molecule has 9 heteroatoms. The van der Waals surface area contributed by atoms with Crippen LogP contribution < -0.4 is 21.5 Å². The summed E-state index contributed by atoms with van der Waals surface area (Å²) in [6.45, 7) is 3.49. The fourth-order valence-electron chi connectivity index (χ4n) is 4.99. The van der Waals surface area contributed by atoms with Crippen molar-refractivity contribution in [3.05, 3.63) is 69.1 Å². The monoisotopic (exact) mass is 496 g/mol. The third-order valence-corrected chi connectivity index (χ3v) is 6.78. The second-order valence-electron chi connectivity index (χ2n) is 9.68. The van der Waals surface area contributed by atoms with Gasteiger partial charge in [-0.1, -0.05) is 37.5 Å². The van der Waals surface area contributed by atoms with Crippen LogP contribution in [0.25, 0.3) is 10.9 Å². The van der Waals surface area contributed by atoms with E-state index in [-0.39, 0.29) is 37.1 Å². The minimum absolute atomic E-state index is 0.0355. The van der Waals surface area contributed by atoms with E-state index >= 15 is 4.39 Å². The van der Waals surface area contributed by atoms with Gasteiger partial charge in [0.25, 0.3) is 5.56 Å². The average molecular weight is 497 g/mol. The van der Waals surface area contributed by atoms with Gasteiger partial charge in [-0.05, 0) is 51.0 Å². The fourth-order valence-corrected chi connectivity index (χ4v) is 4.99. The maximum absolute atomic E-state index is 15.1. The third kappa shape index (κ3) is 5.45. The fraction of sp³-hybridized carbons (Fsp3) is 0.444. The van der Waals surface area contributed by atoms with Crippen molar-refractivity contribution in [2.75, 3.05) is 23.3 Å². The highest BCUT2D eigenvalue weighted by Crippen LogP contribution is 2.26. The van der Waals surface area contributed by atoms with E-state index in [2.05, 4.69) is 5.32 Å². The van der Waals surface area contributed by atoms with Crippen LogP contribution in [0.15, 0.2) is 52.1 Å². The Morgan fingerprint density at radius 2 is 1.83 bits per heavy atom. The molecule has 3 aromatic rings. The van der Waals surface area contributed by atoms with Gasteiger partial charge >= 0.3 is 11.7 Å². The number of aliphatic carboxylic acids is 1. The van der Waals surface area contributed by atoms with Crippen LogP contribution in [-0.4, -0.2) is 39.3 Å². The number of hydrogen-bond donors (Lipinski definition) is 2. The molecule has 0 amide bonds. The molecule has 1 fully saturated rings. The lowest BCUT2D eigenvalue weighted by molar-refractivity contribution is -0.135. The molecule has 4 rings (SSSR count). The maximum Gasteiger partial charge on any atom is 0.331 e. The second-order valence-corrected chi connectivity index (χ2v) is 9.68. The number of carbonyl (C=O) groups is 1. The third-order valence-electron chi connectivity index (χ3n) is 6.78. The van der Waals surface area contributed by atoms with Crippen molar-refractivity contribution < 1.29 is 14.3 Å². The summed E-state index contributed by atoms with van der Waals surface area (Å²) in [6, 6.07) is 11.6. The molecule has 2 aromatic carbocycles. The average Bonchev–Trinajstić information content (AvgIpc) is 2.85. The number of rotatable bonds is 9. The van der Waals surface area contributed by atoms with Gasteiger partial charge in [-0.15, -0.1) is 0 Å². The Kier molecular flexibility index (Phi) is 7.76. The number of benzene rings is 2. The van der Waals surface area contributed by atoms with E-state index in [0.717, 1.165) is 30.3 Å². The van der Waals surface area contributed by atoms with Crippen molar-refractivity contribution >= 4 is 28.2 Å². The molecule has 1 saturated carbocycles. The molecule has 0 radical (unpaired) electrons. The van der Waals surface area contributed by atoms with Crippen molar-refractivity contribution in [1.29, 1.82) is 0 Å². The van der Waals surface area contributed by atoms with Crippen LogP contribution in [0.2, 0.25) is 0 Å². The van der Waals surface area contributed by atoms with Crippen LogP contribution in [0.5, 0.6) is 0 Å². The van der Waals surface area contributed by atoms with Gasteiger partial charge in [-0.2, -0.15) is 0 Å². The molecule has 36 heavy (non-hydrogen) atoms. The number of hydrogen-bond acceptors (Lipinski definition) is 5. The number of nitrogens with one attached hydrogen (secondary N) is 1. The number of carboxylic acid groups (broad SMARTS) is 1. The Bertz CT molecular complexity index is 1340. The lowest BCUT2D eigenvalue weighted by Crippen LogP contribution is -2.44. The van der Waals surface area contributed by atoms with Gasteiger partial charge in [0.1, 0.15) is 12.4 Å². The molecule has 1 heterocycles. The molecule has 0 saturated heterocycles. The lowest BCUT2D eigenvalue weighted by atomic mass is 9.95. The van der Waals surface area contributed by atoms with Gasteiger partial charge in [-0.3, -0.25) is 18.7 Å². The first-order chi connectivity index (χ1) is 17.3. The smallest absolute Gasteiger partial charge is 0.331 e. The number of carboxylic acids is 1. The van der Waals surface area contributed by atoms with Crippen LogP contribution in [0.3, 0.4) is 0 Å². The molecule has 1 aliphatic carbocycles. The van der Waals surface area contributed by atoms with Crippen LogP contribution in [0.4, 0.5) is 15.8 Å². The van der Waals surface area contributed by atoms with E-state index in [1.807, 2.05) is 19.9 Å². The van der Waals surface area contributed by atoms with E-state index in [9.17, 15) is 19.5 Å². The summed E-state index contributed by atoms with van der Waals surface area (Å²) in [5, 5.41) is 12.8. The highest BCUT2D eigenvalue weighted by molar-refractivity contribution is 5.82. The largest absolute Gasteiger partial charge is 0.480 e. The van der Waals surface area contributed by atoms with E-state index in [1.165, 1.54) is 17.1 Å². The highest BCUT2D eigenvalue weighted by Gasteiger charge is 2.21. The summed E-state index contributed by atoms with van der Waals surface area (Å²) < 4.78 is 17.7. The standard InChI is InChI=1S/C27H33FN4O4/c1-18(2)32-24-16-23(29-19-9-5-3-6-10-19)22(28)15-21(24)26(35)31(27(32)36)14-13-30(17-25(33)34)20-11-7-4-8-12-20/h4,7-8,11-12,15-16,18-19,29H,3,5-6,9-10,13-14,17H2,1-2H3,(H,33,34). The minimum atomic E-state index is -1.02. The van der Waals surface area contributed by atoms with E-state index < -0.39 is 23.0 Å². The van der Waals surface area contributed by atoms with Crippen LogP contribution in [-0.2, 0) is 11.3 Å². The SMILES string of the molecule is CC(C)n1c(=O)n(CCN(CC(=O)O)c2ccccc2)c(=O)c2cc(F)c(NC3CCCCC3)cc21. The van der Waals surface area contributed by atoms with Gasteiger partial charge in [0.05, 0.1) is 16.6 Å². The summed E-state index contributed by atoms with van der Waals surface area (Å²) in [4.78, 5) is 39.9. The van der Waals surface area contributed by atoms with Crippen LogP contribution in [0, 0.1) is 5.82 Å². The summed E-state index contributed by atoms with van der Waals surface area (Å²) in [6.07, 6.45) is 5.29. The van der Waals surface area contributed by atoms with Crippen LogP contribution >= 0.6 is 0 Å². The zero-order valence-electron chi connectivity index (χ0n) is 20.7. The Balaban J connectivity index is 1.73. The summed E-state index contributed by atoms with van der Waals surface area (Å²) in [7, 11) is 0. The molecule has 1 aromatic heterocycles. The number of para-hydroxylation sites is 1. The quantitative estimate of drug-likeness (QED) is 0.461. The number of aromatic nitrogens is 2. The Hall–Kier alpha value is -3.62. The molecule has 1 aliphatic rings. The van der Waals surface area contributed by atoms with Gasteiger partial charge in [0.15, 0.2) is 0 Å². The molecular formula is C27H33FN4O4. The molecule has 0 aliphatic heterocycles. The second kappa shape index (κ2) is 11.0. The Labute approximate surface area is 209 Å². The predicted octanol–water partition coefficient (Wildman–Crippen LogP) is 4.22. The number of fused-ring (bicyclic) bond motifs is 1. The zero-order chi connectivity index (χ0) is 25.8. The van der Waals surface area contributed by atoms with Crippen molar-refractivity contribution in [2.45, 2.75) is 64.6 Å². The van der Waals surface area contributed by atoms with Gasteiger partial charge in [0.2, 0.25) is 0 Å². The van der Waals surface area contributed by atoms with E-state index in [1.54, 1.807) is 35.2 Å². The molecule has 0 unspecified atom stereocenters. The van der Waals surface area contributed by atoms with Gasteiger partial charge in [-0.25, -0.2) is 9.18 Å². The maximum atomic E-state index is 15.1. The number of nitrogens with zero attached hydrogens (tertiary/aromatic N) is 3. The first-order valence-corrected chi connectivity index (χ1v) is 12.5. The molecule has 2 N–H and O–H groups in total. The molecule has 0 bridgehead atoms. The van der Waals surface area contributed by atoms with E-state index in [4.69, 9.17) is 0 Å². The first kappa shape index (κ1) is 25.5. The Morgan fingerprint density at radius 3 is 2.47 bits per heavy atom. The summed E-state index contributed by atoms with van der Waals surface area (Å²) >= 11 is 0. The number of halogens is 1. The summed E-state index contributed by atoms with van der Waals surface area (Å²) in [5.74, 6) is -1.55. The van der Waals surface area contributed by atoms with Crippen molar-refractivity contribution in [1.82, 2.24) is 9.13 Å². The van der Waals surface area contributed by atoms with Gasteiger partial charge in [0, 0.05) is 30.9 Å².